The van der Waals surface area contributed by atoms with Crippen LogP contribution in [-0.2, 0) is 6.42 Å². The van der Waals surface area contributed by atoms with Gasteiger partial charge in [-0.25, -0.2) is 8.78 Å². The van der Waals surface area contributed by atoms with Gasteiger partial charge in [0.2, 0.25) is 0 Å². The fraction of sp³-hybridized carbons (Fsp3) is 0.647. The third-order valence-electron chi connectivity index (χ3n) is 3.56. The fourth-order valence-corrected chi connectivity index (χ4v) is 2.70. The normalized spacial score (nSPS) is 14.2. The molecule has 0 aliphatic carbocycles. The molecule has 0 saturated heterocycles. The second-order valence-corrected chi connectivity index (χ2v) is 5.76. The average molecular weight is 283 g/mol. The molecule has 0 aliphatic heterocycles. The van der Waals surface area contributed by atoms with Crippen LogP contribution in [0.25, 0.3) is 0 Å². The van der Waals surface area contributed by atoms with Gasteiger partial charge in [-0.1, -0.05) is 33.6 Å². The van der Waals surface area contributed by atoms with E-state index in [1.807, 2.05) is 0 Å². The molecule has 0 fully saturated rings. The molecule has 0 saturated carbocycles. The molecule has 2 unspecified atom stereocenters. The number of halogens is 2. The molecule has 3 heteroatoms. The number of benzene rings is 1. The highest BCUT2D eigenvalue weighted by molar-refractivity contribution is 5.19. The minimum atomic E-state index is -0.490. The van der Waals surface area contributed by atoms with E-state index in [1.165, 1.54) is 25.0 Å². The molecule has 1 rings (SSSR count). The van der Waals surface area contributed by atoms with Crippen LogP contribution < -0.4 is 5.32 Å². The minimum absolute atomic E-state index is 0.290. The Hall–Kier alpha value is -0.960. The van der Waals surface area contributed by atoms with Crippen molar-refractivity contribution in [3.05, 3.63) is 35.4 Å². The maximum absolute atomic E-state index is 13.3. The molecule has 1 aromatic rings. The van der Waals surface area contributed by atoms with Gasteiger partial charge in [0, 0.05) is 12.1 Å². The molecule has 0 bridgehead atoms. The number of nitrogens with one attached hydrogen (secondary N) is 1. The summed E-state index contributed by atoms with van der Waals surface area (Å²) in [6.07, 6.45) is 5.17. The van der Waals surface area contributed by atoms with E-state index in [0.717, 1.165) is 31.0 Å². The van der Waals surface area contributed by atoms with Gasteiger partial charge in [0.1, 0.15) is 11.6 Å². The molecule has 1 N–H and O–H groups in total. The van der Waals surface area contributed by atoms with E-state index in [2.05, 4.69) is 26.1 Å². The van der Waals surface area contributed by atoms with Crippen LogP contribution in [0, 0.1) is 17.6 Å². The standard InChI is InChI=1S/C17H27F2N/c1-4-6-13(3)8-17(20-7-5-2)11-14-9-15(18)12-16(19)10-14/h9-10,12-13,17,20H,4-8,11H2,1-3H3. The molecular weight excluding hydrogens is 256 g/mol. The van der Waals surface area contributed by atoms with Crippen LogP contribution in [0.4, 0.5) is 8.78 Å². The largest absolute Gasteiger partial charge is 0.314 e. The van der Waals surface area contributed by atoms with Crippen LogP contribution in [-0.4, -0.2) is 12.6 Å². The Kier molecular flexibility index (Phi) is 7.75. The summed E-state index contributed by atoms with van der Waals surface area (Å²) in [7, 11) is 0. The Morgan fingerprint density at radius 1 is 1.05 bits per heavy atom. The topological polar surface area (TPSA) is 12.0 Å². The monoisotopic (exact) mass is 283 g/mol. The van der Waals surface area contributed by atoms with Gasteiger partial charge in [-0.05, 0) is 49.4 Å². The van der Waals surface area contributed by atoms with Crippen molar-refractivity contribution >= 4 is 0 Å². The van der Waals surface area contributed by atoms with Gasteiger partial charge in [-0.3, -0.25) is 0 Å². The molecule has 2 atom stereocenters. The molecule has 0 aliphatic rings. The van der Waals surface area contributed by atoms with Gasteiger partial charge in [0.25, 0.3) is 0 Å². The van der Waals surface area contributed by atoms with E-state index in [4.69, 9.17) is 0 Å². The Bertz CT molecular complexity index is 372. The summed E-state index contributed by atoms with van der Waals surface area (Å²) in [4.78, 5) is 0. The molecular formula is C17H27F2N. The zero-order chi connectivity index (χ0) is 15.0. The van der Waals surface area contributed by atoms with Crippen molar-refractivity contribution < 1.29 is 8.78 Å². The summed E-state index contributed by atoms with van der Waals surface area (Å²) in [5.74, 6) is -0.348. The summed E-state index contributed by atoms with van der Waals surface area (Å²) in [5.41, 5.74) is 0.736. The van der Waals surface area contributed by atoms with Crippen LogP contribution in [0.1, 0.15) is 52.0 Å². The van der Waals surface area contributed by atoms with Crippen molar-refractivity contribution in [2.75, 3.05) is 6.54 Å². The molecule has 20 heavy (non-hydrogen) atoms. The zero-order valence-corrected chi connectivity index (χ0v) is 12.9. The maximum Gasteiger partial charge on any atom is 0.126 e. The summed E-state index contributed by atoms with van der Waals surface area (Å²) < 4.78 is 26.5. The number of rotatable bonds is 9. The summed E-state index contributed by atoms with van der Waals surface area (Å²) in [6.45, 7) is 7.51. The molecule has 0 aromatic heterocycles. The lowest BCUT2D eigenvalue weighted by molar-refractivity contribution is 0.380. The molecule has 114 valence electrons. The minimum Gasteiger partial charge on any atom is -0.314 e. The summed E-state index contributed by atoms with van der Waals surface area (Å²) >= 11 is 0. The van der Waals surface area contributed by atoms with Gasteiger partial charge in [0.05, 0.1) is 0 Å². The second-order valence-electron chi connectivity index (χ2n) is 5.76. The lowest BCUT2D eigenvalue weighted by atomic mass is 9.93. The van der Waals surface area contributed by atoms with Crippen LogP contribution in [0.3, 0.4) is 0 Å². The first-order chi connectivity index (χ1) is 9.55. The third-order valence-corrected chi connectivity index (χ3v) is 3.56. The van der Waals surface area contributed by atoms with Crippen molar-refractivity contribution in [1.82, 2.24) is 5.32 Å². The van der Waals surface area contributed by atoms with Crippen LogP contribution in [0.15, 0.2) is 18.2 Å². The van der Waals surface area contributed by atoms with E-state index in [9.17, 15) is 8.78 Å². The Morgan fingerprint density at radius 3 is 2.25 bits per heavy atom. The molecule has 0 amide bonds. The van der Waals surface area contributed by atoms with Crippen LogP contribution in [0.2, 0.25) is 0 Å². The number of hydrogen-bond donors (Lipinski definition) is 1. The van der Waals surface area contributed by atoms with Crippen molar-refractivity contribution in [3.8, 4) is 0 Å². The van der Waals surface area contributed by atoms with Gasteiger partial charge >= 0.3 is 0 Å². The van der Waals surface area contributed by atoms with Gasteiger partial charge < -0.3 is 5.32 Å². The molecule has 1 nitrogen and oxygen atoms in total. The first kappa shape index (κ1) is 17.1. The van der Waals surface area contributed by atoms with E-state index in [-0.39, 0.29) is 6.04 Å². The molecule has 0 spiro atoms. The fourth-order valence-electron chi connectivity index (χ4n) is 2.70. The summed E-state index contributed by atoms with van der Waals surface area (Å²) in [5, 5.41) is 3.50. The first-order valence-electron chi connectivity index (χ1n) is 7.73. The maximum atomic E-state index is 13.3. The summed E-state index contributed by atoms with van der Waals surface area (Å²) in [6, 6.07) is 4.10. The lowest BCUT2D eigenvalue weighted by Gasteiger charge is -2.22. The third kappa shape index (κ3) is 6.47. The Morgan fingerprint density at radius 2 is 1.70 bits per heavy atom. The van der Waals surface area contributed by atoms with Crippen molar-refractivity contribution in [2.45, 2.75) is 58.9 Å². The highest BCUT2D eigenvalue weighted by Crippen LogP contribution is 2.17. The SMILES string of the molecule is CCCNC(Cc1cc(F)cc(F)c1)CC(C)CCC. The highest BCUT2D eigenvalue weighted by Gasteiger charge is 2.14. The van der Waals surface area contributed by atoms with Gasteiger partial charge in [0.15, 0.2) is 0 Å². The lowest BCUT2D eigenvalue weighted by Crippen LogP contribution is -2.33. The van der Waals surface area contributed by atoms with Crippen LogP contribution >= 0.6 is 0 Å². The Labute approximate surface area is 121 Å². The van der Waals surface area contributed by atoms with Crippen molar-refractivity contribution in [1.29, 1.82) is 0 Å². The van der Waals surface area contributed by atoms with Crippen LogP contribution in [0.5, 0.6) is 0 Å². The predicted molar refractivity (Wildman–Crippen MR) is 80.8 cm³/mol. The highest BCUT2D eigenvalue weighted by atomic mass is 19.1. The van der Waals surface area contributed by atoms with Crippen molar-refractivity contribution in [2.24, 2.45) is 5.92 Å². The zero-order valence-electron chi connectivity index (χ0n) is 12.9. The first-order valence-corrected chi connectivity index (χ1v) is 7.73. The average Bonchev–Trinajstić information content (AvgIpc) is 2.35. The van der Waals surface area contributed by atoms with E-state index < -0.39 is 11.6 Å². The number of hydrogen-bond acceptors (Lipinski definition) is 1. The van der Waals surface area contributed by atoms with E-state index in [1.54, 1.807) is 0 Å². The van der Waals surface area contributed by atoms with E-state index in [0.29, 0.717) is 12.3 Å². The predicted octanol–water partition coefficient (Wildman–Crippen LogP) is 4.70. The quantitative estimate of drug-likeness (QED) is 0.692. The Balaban J connectivity index is 2.67. The molecule has 0 heterocycles. The molecule has 1 aromatic carbocycles. The van der Waals surface area contributed by atoms with Crippen molar-refractivity contribution in [3.63, 3.8) is 0 Å². The smallest absolute Gasteiger partial charge is 0.126 e. The second kappa shape index (κ2) is 9.06. The van der Waals surface area contributed by atoms with Gasteiger partial charge in [-0.2, -0.15) is 0 Å². The van der Waals surface area contributed by atoms with E-state index >= 15 is 0 Å². The van der Waals surface area contributed by atoms with Gasteiger partial charge in [-0.15, -0.1) is 0 Å². The molecule has 0 radical (unpaired) electrons.